The van der Waals surface area contributed by atoms with E-state index in [-0.39, 0.29) is 5.54 Å². The Morgan fingerprint density at radius 3 is 2.64 bits per heavy atom. The number of hydrogen-bond donors (Lipinski definition) is 1. The summed E-state index contributed by atoms with van der Waals surface area (Å²) in [6, 6.07) is 8.08. The Kier molecular flexibility index (Phi) is 2.23. The second kappa shape index (κ2) is 3.28. The molecule has 0 unspecified atom stereocenters. The molecule has 1 fully saturated rings. The normalized spacial score (nSPS) is 16.8. The lowest BCUT2D eigenvalue weighted by Crippen LogP contribution is -2.28. The maximum absolute atomic E-state index is 6.02. The van der Waals surface area contributed by atoms with Crippen LogP contribution in [0.4, 0.5) is 0 Å². The van der Waals surface area contributed by atoms with E-state index in [0.717, 1.165) is 11.3 Å². The van der Waals surface area contributed by atoms with Crippen LogP contribution in [0, 0.1) is 0 Å². The van der Waals surface area contributed by atoms with Crippen LogP contribution in [0.25, 0.3) is 0 Å². The third-order valence-corrected chi connectivity index (χ3v) is 2.41. The summed E-state index contributed by atoms with van der Waals surface area (Å²) in [4.78, 5) is 0. The van der Waals surface area contributed by atoms with Crippen LogP contribution in [0.15, 0.2) is 24.3 Å². The van der Waals surface area contributed by atoms with Crippen molar-refractivity contribution in [2.24, 2.45) is 5.73 Å². The van der Waals surface area contributed by atoms with Crippen molar-refractivity contribution in [2.45, 2.75) is 38.3 Å². The number of ether oxygens (including phenoxy) is 1. The zero-order valence-corrected chi connectivity index (χ0v) is 8.79. The molecular formula is C12H17NO. The van der Waals surface area contributed by atoms with Gasteiger partial charge in [-0.05, 0) is 44.4 Å². The van der Waals surface area contributed by atoms with Gasteiger partial charge in [-0.15, -0.1) is 0 Å². The molecule has 2 nitrogen and oxygen atoms in total. The fourth-order valence-electron chi connectivity index (χ4n) is 1.35. The van der Waals surface area contributed by atoms with Crippen LogP contribution in [0.5, 0.6) is 5.75 Å². The van der Waals surface area contributed by atoms with E-state index in [1.807, 2.05) is 38.1 Å². The predicted molar refractivity (Wildman–Crippen MR) is 57.3 cm³/mol. The predicted octanol–water partition coefficient (Wildman–Crippen LogP) is 2.42. The van der Waals surface area contributed by atoms with Crippen molar-refractivity contribution in [3.8, 4) is 5.75 Å². The van der Waals surface area contributed by atoms with Gasteiger partial charge in [-0.1, -0.05) is 12.1 Å². The molecule has 1 saturated carbocycles. The Balaban J connectivity index is 2.17. The molecule has 1 aliphatic carbocycles. The number of benzene rings is 1. The highest BCUT2D eigenvalue weighted by atomic mass is 16.5. The summed E-state index contributed by atoms with van der Waals surface area (Å²) in [5, 5.41) is 0. The van der Waals surface area contributed by atoms with Gasteiger partial charge in [-0.25, -0.2) is 0 Å². The van der Waals surface area contributed by atoms with Gasteiger partial charge >= 0.3 is 0 Å². The highest BCUT2D eigenvalue weighted by Gasteiger charge is 2.24. The first-order chi connectivity index (χ1) is 6.55. The first kappa shape index (κ1) is 9.53. The molecule has 0 radical (unpaired) electrons. The molecule has 1 aromatic rings. The van der Waals surface area contributed by atoms with E-state index in [0.29, 0.717) is 6.10 Å². The second-order valence-electron chi connectivity index (χ2n) is 4.57. The summed E-state index contributed by atoms with van der Waals surface area (Å²) < 4.78 is 5.71. The Morgan fingerprint density at radius 2 is 2.07 bits per heavy atom. The summed E-state index contributed by atoms with van der Waals surface area (Å²) >= 11 is 0. The monoisotopic (exact) mass is 191 g/mol. The summed E-state index contributed by atoms with van der Waals surface area (Å²) in [6.45, 7) is 4.01. The zero-order valence-electron chi connectivity index (χ0n) is 8.79. The Hall–Kier alpha value is -1.02. The van der Waals surface area contributed by atoms with Gasteiger partial charge in [0.1, 0.15) is 5.75 Å². The molecular weight excluding hydrogens is 174 g/mol. The Morgan fingerprint density at radius 1 is 1.36 bits per heavy atom. The maximum Gasteiger partial charge on any atom is 0.120 e. The highest BCUT2D eigenvalue weighted by molar-refractivity contribution is 5.32. The van der Waals surface area contributed by atoms with Crippen LogP contribution < -0.4 is 10.5 Å². The van der Waals surface area contributed by atoms with Crippen LogP contribution in [0.1, 0.15) is 32.3 Å². The van der Waals surface area contributed by atoms with E-state index in [4.69, 9.17) is 10.5 Å². The maximum atomic E-state index is 6.02. The molecule has 1 aromatic carbocycles. The van der Waals surface area contributed by atoms with Gasteiger partial charge in [0.25, 0.3) is 0 Å². The lowest BCUT2D eigenvalue weighted by Gasteiger charge is -2.19. The van der Waals surface area contributed by atoms with Crippen molar-refractivity contribution >= 4 is 0 Å². The minimum absolute atomic E-state index is 0.289. The van der Waals surface area contributed by atoms with Crippen molar-refractivity contribution < 1.29 is 4.74 Å². The quantitative estimate of drug-likeness (QED) is 0.796. The van der Waals surface area contributed by atoms with Crippen LogP contribution in [-0.2, 0) is 5.54 Å². The standard InChI is InChI=1S/C12H17NO/c1-12(2,13)9-4-3-5-11(8-9)14-10-6-7-10/h3-5,8,10H,6-7,13H2,1-2H3. The van der Waals surface area contributed by atoms with Crippen molar-refractivity contribution in [3.63, 3.8) is 0 Å². The summed E-state index contributed by atoms with van der Waals surface area (Å²) in [7, 11) is 0. The van der Waals surface area contributed by atoms with Crippen LogP contribution in [-0.4, -0.2) is 6.10 Å². The Bertz CT molecular complexity index is 323. The van der Waals surface area contributed by atoms with Gasteiger partial charge in [0.15, 0.2) is 0 Å². The molecule has 0 heterocycles. The summed E-state index contributed by atoms with van der Waals surface area (Å²) in [5.74, 6) is 0.948. The van der Waals surface area contributed by atoms with Crippen molar-refractivity contribution in [1.29, 1.82) is 0 Å². The molecule has 0 bridgehead atoms. The average molecular weight is 191 g/mol. The van der Waals surface area contributed by atoms with E-state index < -0.39 is 0 Å². The molecule has 2 N–H and O–H groups in total. The van der Waals surface area contributed by atoms with E-state index >= 15 is 0 Å². The van der Waals surface area contributed by atoms with Crippen molar-refractivity contribution in [1.82, 2.24) is 0 Å². The van der Waals surface area contributed by atoms with Crippen LogP contribution >= 0.6 is 0 Å². The summed E-state index contributed by atoms with van der Waals surface area (Å²) in [5.41, 5.74) is 6.85. The molecule has 2 rings (SSSR count). The van der Waals surface area contributed by atoms with Crippen molar-refractivity contribution in [2.75, 3.05) is 0 Å². The third kappa shape index (κ3) is 2.26. The molecule has 1 aliphatic rings. The lowest BCUT2D eigenvalue weighted by atomic mass is 9.96. The molecule has 2 heteroatoms. The van der Waals surface area contributed by atoms with Gasteiger partial charge in [0.2, 0.25) is 0 Å². The van der Waals surface area contributed by atoms with Gasteiger partial charge in [-0.2, -0.15) is 0 Å². The molecule has 14 heavy (non-hydrogen) atoms. The van der Waals surface area contributed by atoms with Crippen molar-refractivity contribution in [3.05, 3.63) is 29.8 Å². The lowest BCUT2D eigenvalue weighted by molar-refractivity contribution is 0.302. The summed E-state index contributed by atoms with van der Waals surface area (Å²) in [6.07, 6.45) is 2.83. The largest absolute Gasteiger partial charge is 0.490 e. The average Bonchev–Trinajstić information content (AvgIpc) is 2.87. The van der Waals surface area contributed by atoms with Gasteiger partial charge in [0.05, 0.1) is 6.10 Å². The SMILES string of the molecule is CC(C)(N)c1cccc(OC2CC2)c1. The van der Waals surface area contributed by atoms with E-state index in [1.165, 1.54) is 12.8 Å². The highest BCUT2D eigenvalue weighted by Crippen LogP contribution is 2.28. The van der Waals surface area contributed by atoms with E-state index in [9.17, 15) is 0 Å². The topological polar surface area (TPSA) is 35.2 Å². The molecule has 0 aromatic heterocycles. The van der Waals surface area contributed by atoms with E-state index in [1.54, 1.807) is 0 Å². The fourth-order valence-corrected chi connectivity index (χ4v) is 1.35. The molecule has 0 atom stereocenters. The van der Waals surface area contributed by atoms with Gasteiger partial charge < -0.3 is 10.5 Å². The molecule has 76 valence electrons. The first-order valence-corrected chi connectivity index (χ1v) is 5.12. The zero-order chi connectivity index (χ0) is 10.2. The molecule has 0 saturated heterocycles. The van der Waals surface area contributed by atoms with Crippen LogP contribution in [0.2, 0.25) is 0 Å². The number of hydrogen-bond acceptors (Lipinski definition) is 2. The second-order valence-corrected chi connectivity index (χ2v) is 4.57. The van der Waals surface area contributed by atoms with Gasteiger partial charge in [-0.3, -0.25) is 0 Å². The minimum Gasteiger partial charge on any atom is -0.490 e. The molecule has 0 amide bonds. The Labute approximate surface area is 85.1 Å². The first-order valence-electron chi connectivity index (χ1n) is 5.12. The number of nitrogens with two attached hydrogens (primary N) is 1. The third-order valence-electron chi connectivity index (χ3n) is 2.41. The van der Waals surface area contributed by atoms with Gasteiger partial charge in [0, 0.05) is 5.54 Å². The number of rotatable bonds is 3. The smallest absolute Gasteiger partial charge is 0.120 e. The van der Waals surface area contributed by atoms with Crippen LogP contribution in [0.3, 0.4) is 0 Å². The molecule has 0 aliphatic heterocycles. The molecule has 0 spiro atoms. The van der Waals surface area contributed by atoms with E-state index in [2.05, 4.69) is 0 Å². The minimum atomic E-state index is -0.289. The fraction of sp³-hybridized carbons (Fsp3) is 0.500.